The van der Waals surface area contributed by atoms with Gasteiger partial charge in [-0.1, -0.05) is 6.07 Å². The summed E-state index contributed by atoms with van der Waals surface area (Å²) in [6.45, 7) is 1.10. The van der Waals surface area contributed by atoms with Crippen molar-refractivity contribution in [1.82, 2.24) is 14.9 Å². The molecule has 0 saturated heterocycles. The Hall–Kier alpha value is -3.19. The number of pyridine rings is 2. The van der Waals surface area contributed by atoms with Crippen molar-refractivity contribution in [2.24, 2.45) is 11.7 Å². The first kappa shape index (κ1) is 23.5. The number of hydrogen-bond donors (Lipinski definition) is 3. The summed E-state index contributed by atoms with van der Waals surface area (Å²) in [7, 11) is 0. The van der Waals surface area contributed by atoms with E-state index in [-0.39, 0.29) is 17.5 Å². The monoisotopic (exact) mass is 488 g/mol. The number of fused-ring (bicyclic) bond motifs is 2. The largest absolute Gasteiger partial charge is 0.326 e. The molecular formula is C26H28N6O2S. The van der Waals surface area contributed by atoms with E-state index < -0.39 is 0 Å². The molecule has 2 aromatic heterocycles. The Morgan fingerprint density at radius 1 is 1.17 bits per heavy atom. The van der Waals surface area contributed by atoms with Crippen LogP contribution in [0.5, 0.6) is 0 Å². The number of anilines is 1. The molecule has 1 amide bonds. The predicted octanol–water partition coefficient (Wildman–Crippen LogP) is 2.99. The number of rotatable bonds is 6. The Morgan fingerprint density at radius 3 is 2.77 bits per heavy atom. The molecule has 0 radical (unpaired) electrons. The first-order valence-electron chi connectivity index (χ1n) is 12.0. The number of nitriles is 1. The van der Waals surface area contributed by atoms with Gasteiger partial charge in [-0.15, -0.1) is 11.8 Å². The zero-order valence-electron chi connectivity index (χ0n) is 19.4. The molecule has 1 unspecified atom stereocenters. The van der Waals surface area contributed by atoms with Gasteiger partial charge in [0, 0.05) is 31.2 Å². The molecule has 8 nitrogen and oxygen atoms in total. The van der Waals surface area contributed by atoms with Crippen molar-refractivity contribution in [2.75, 3.05) is 11.1 Å². The highest BCUT2D eigenvalue weighted by Crippen LogP contribution is 2.30. The Bertz CT molecular complexity index is 1360. The highest BCUT2D eigenvalue weighted by atomic mass is 32.2. The summed E-state index contributed by atoms with van der Waals surface area (Å²) in [5.41, 5.74) is 8.72. The average Bonchev–Trinajstić information content (AvgIpc) is 2.88. The van der Waals surface area contributed by atoms with Gasteiger partial charge in [-0.2, -0.15) is 5.26 Å². The normalized spacial score (nSPS) is 20.6. The van der Waals surface area contributed by atoms with E-state index in [1.165, 1.54) is 11.8 Å². The molecule has 0 spiro atoms. The van der Waals surface area contributed by atoms with Crippen LogP contribution in [-0.4, -0.2) is 33.3 Å². The first-order chi connectivity index (χ1) is 17.0. The molecule has 1 fully saturated rings. The number of nitrogens with one attached hydrogen (secondary N) is 2. The highest BCUT2D eigenvalue weighted by Gasteiger charge is 2.26. The van der Waals surface area contributed by atoms with Crippen molar-refractivity contribution >= 4 is 34.4 Å². The third-order valence-corrected chi connectivity index (χ3v) is 8.04. The van der Waals surface area contributed by atoms with Crippen molar-refractivity contribution in [2.45, 2.75) is 55.8 Å². The summed E-state index contributed by atoms with van der Waals surface area (Å²) >= 11 is 1.52. The topological polar surface area (TPSA) is 126 Å². The summed E-state index contributed by atoms with van der Waals surface area (Å²) < 4.78 is 1.71. The second-order valence-electron chi connectivity index (χ2n) is 9.31. The number of carbonyl (C=O) groups excluding carboxylic acids is 1. The van der Waals surface area contributed by atoms with Gasteiger partial charge in [0.25, 0.3) is 5.56 Å². The Balaban J connectivity index is 1.17. The molecule has 3 heterocycles. The second-order valence-corrected chi connectivity index (χ2v) is 10.3. The lowest BCUT2D eigenvalue weighted by Crippen LogP contribution is -2.42. The van der Waals surface area contributed by atoms with Crippen LogP contribution < -0.4 is 21.9 Å². The zero-order valence-corrected chi connectivity index (χ0v) is 20.2. The summed E-state index contributed by atoms with van der Waals surface area (Å²) in [6, 6.07) is 15.2. The van der Waals surface area contributed by atoms with Crippen LogP contribution in [0.25, 0.3) is 10.9 Å². The van der Waals surface area contributed by atoms with E-state index in [1.54, 1.807) is 28.8 Å². The molecule has 1 aliphatic heterocycles. The van der Waals surface area contributed by atoms with Gasteiger partial charge in [0.2, 0.25) is 5.91 Å². The van der Waals surface area contributed by atoms with Gasteiger partial charge in [-0.05, 0) is 67.3 Å². The number of benzene rings is 1. The number of thioether (sulfide) groups is 1. The fourth-order valence-electron chi connectivity index (χ4n) is 5.01. The minimum Gasteiger partial charge on any atom is -0.326 e. The van der Waals surface area contributed by atoms with E-state index in [0.29, 0.717) is 42.2 Å². The average molecular weight is 489 g/mol. The minimum atomic E-state index is -0.131. The maximum Gasteiger partial charge on any atom is 0.251 e. The van der Waals surface area contributed by atoms with Gasteiger partial charge >= 0.3 is 0 Å². The molecule has 4 N–H and O–H groups in total. The van der Waals surface area contributed by atoms with Crippen LogP contribution >= 0.6 is 11.8 Å². The van der Waals surface area contributed by atoms with E-state index in [4.69, 9.17) is 5.73 Å². The van der Waals surface area contributed by atoms with Crippen molar-refractivity contribution in [1.29, 1.82) is 5.26 Å². The maximum atomic E-state index is 12.6. The number of nitrogens with two attached hydrogens (primary N) is 1. The zero-order chi connectivity index (χ0) is 24.4. The number of aromatic nitrogens is 2. The van der Waals surface area contributed by atoms with Crippen molar-refractivity contribution in [3.63, 3.8) is 0 Å². The standard InChI is InChI=1S/C26H28N6O2S/c27-12-16-1-2-18-5-10-25(34)32(22(18)11-16)14-21(28)17-3-6-19(7-4-17)29-13-20-8-9-23-26(30-20)31-24(33)15-35-23/h1-2,5,8-11,17,19,21,29H,3-4,6-7,13-15,28H2,(H,30,31,33)/t17-,19-,21?. The molecule has 0 bridgehead atoms. The second kappa shape index (κ2) is 10.2. The van der Waals surface area contributed by atoms with Crippen molar-refractivity contribution < 1.29 is 4.79 Å². The van der Waals surface area contributed by atoms with Crippen LogP contribution in [-0.2, 0) is 17.9 Å². The van der Waals surface area contributed by atoms with Crippen LogP contribution in [0.2, 0.25) is 0 Å². The fourth-order valence-corrected chi connectivity index (χ4v) is 5.77. The van der Waals surface area contributed by atoms with E-state index in [1.807, 2.05) is 18.2 Å². The fraction of sp³-hybridized carbons (Fsp3) is 0.385. The van der Waals surface area contributed by atoms with Crippen molar-refractivity contribution in [3.05, 3.63) is 64.1 Å². The van der Waals surface area contributed by atoms with E-state index in [0.717, 1.165) is 47.2 Å². The van der Waals surface area contributed by atoms with Gasteiger partial charge < -0.3 is 20.9 Å². The smallest absolute Gasteiger partial charge is 0.251 e. The van der Waals surface area contributed by atoms with Gasteiger partial charge in [0.15, 0.2) is 0 Å². The lowest BCUT2D eigenvalue weighted by Gasteiger charge is -2.33. The molecule has 1 atom stereocenters. The lowest BCUT2D eigenvalue weighted by molar-refractivity contribution is -0.113. The summed E-state index contributed by atoms with van der Waals surface area (Å²) in [5, 5.41) is 16.6. The van der Waals surface area contributed by atoms with Gasteiger partial charge in [-0.3, -0.25) is 9.59 Å². The van der Waals surface area contributed by atoms with E-state index in [2.05, 4.69) is 21.7 Å². The number of amides is 1. The third kappa shape index (κ3) is 5.25. The first-order valence-corrected chi connectivity index (χ1v) is 12.9. The number of hydrogen-bond acceptors (Lipinski definition) is 7. The van der Waals surface area contributed by atoms with Gasteiger partial charge in [0.05, 0.1) is 33.5 Å². The molecule has 1 aromatic carbocycles. The molecule has 9 heteroatoms. The molecule has 5 rings (SSSR count). The van der Waals surface area contributed by atoms with E-state index in [9.17, 15) is 14.9 Å². The van der Waals surface area contributed by atoms with E-state index >= 15 is 0 Å². The molecule has 1 saturated carbocycles. The molecule has 35 heavy (non-hydrogen) atoms. The quantitative estimate of drug-likeness (QED) is 0.487. The molecule has 1 aliphatic carbocycles. The third-order valence-electron chi connectivity index (χ3n) is 7.00. The Labute approximate surface area is 207 Å². The summed E-state index contributed by atoms with van der Waals surface area (Å²) in [4.78, 5) is 29.8. The SMILES string of the molecule is N#Cc1ccc2ccc(=O)n(CC(N)[C@H]3CC[C@H](NCc4ccc5c(n4)NC(=O)CS5)CC3)c2c1. The molecule has 3 aromatic rings. The number of carbonyl (C=O) groups is 1. The minimum absolute atomic E-state index is 0.00830. The molecule has 180 valence electrons. The van der Waals surface area contributed by atoms with Crippen LogP contribution in [0, 0.1) is 17.2 Å². The summed E-state index contributed by atoms with van der Waals surface area (Å²) in [6.07, 6.45) is 4.01. The molecular weight excluding hydrogens is 460 g/mol. The van der Waals surface area contributed by atoms with Gasteiger partial charge in [0.1, 0.15) is 5.82 Å². The number of nitrogens with zero attached hydrogens (tertiary/aromatic N) is 3. The van der Waals surface area contributed by atoms with Crippen LogP contribution in [0.4, 0.5) is 5.82 Å². The predicted molar refractivity (Wildman–Crippen MR) is 137 cm³/mol. The van der Waals surface area contributed by atoms with Crippen LogP contribution in [0.15, 0.2) is 52.2 Å². The lowest BCUT2D eigenvalue weighted by atomic mass is 9.81. The highest BCUT2D eigenvalue weighted by molar-refractivity contribution is 8.00. The Kier molecular flexibility index (Phi) is 6.86. The van der Waals surface area contributed by atoms with Crippen LogP contribution in [0.3, 0.4) is 0 Å². The summed E-state index contributed by atoms with van der Waals surface area (Å²) in [5.74, 6) is 1.42. The molecule has 2 aliphatic rings. The Morgan fingerprint density at radius 2 is 1.97 bits per heavy atom. The van der Waals surface area contributed by atoms with Gasteiger partial charge in [-0.25, -0.2) is 4.98 Å². The van der Waals surface area contributed by atoms with Crippen LogP contribution in [0.1, 0.15) is 36.9 Å². The maximum absolute atomic E-state index is 12.6. The van der Waals surface area contributed by atoms with Crippen molar-refractivity contribution in [3.8, 4) is 6.07 Å².